The highest BCUT2D eigenvalue weighted by molar-refractivity contribution is 5.21. The van der Waals surface area contributed by atoms with E-state index in [9.17, 15) is 4.79 Å². The van der Waals surface area contributed by atoms with Crippen LogP contribution in [0.4, 0.5) is 0 Å². The molecule has 0 aliphatic carbocycles. The first kappa shape index (κ1) is 24.3. The van der Waals surface area contributed by atoms with Gasteiger partial charge < -0.3 is 4.57 Å². The Morgan fingerprint density at radius 1 is 0.586 bits per heavy atom. The molecule has 7 heteroatoms. The average Bonchev–Trinajstić information content (AvgIpc) is 3.02. The van der Waals surface area contributed by atoms with Crippen LogP contribution in [0.3, 0.4) is 0 Å². The number of hydrogen-bond acceptors (Lipinski definition) is 4. The van der Waals surface area contributed by atoms with E-state index in [0.717, 1.165) is 34.3 Å². The standard InChI is InChI=1S/C8H12N2O.2C7H12N2/c1-5-6(2)9-7(3)10(4)8(5)11;1-5-6(2)9(4)7(3)8-5;1-5-6(2)8-9(4)7(5)3/h1-4H3;2*1-4H3. The fraction of sp³-hybridized carbons (Fsp3) is 0.545. The number of hydrogen-bond donors (Lipinski definition) is 0. The van der Waals surface area contributed by atoms with Gasteiger partial charge in [0.05, 0.1) is 11.4 Å². The fourth-order valence-electron chi connectivity index (χ4n) is 2.72. The zero-order valence-electron chi connectivity index (χ0n) is 20.1. The molecule has 0 saturated carbocycles. The Balaban J connectivity index is 0.000000219. The minimum Gasteiger partial charge on any atom is -0.335 e. The molecule has 0 aliphatic rings. The molecule has 7 nitrogen and oxygen atoms in total. The molecule has 0 amide bonds. The van der Waals surface area contributed by atoms with Crippen LogP contribution in [0, 0.1) is 62.3 Å². The van der Waals surface area contributed by atoms with Crippen LogP contribution in [0.25, 0.3) is 0 Å². The van der Waals surface area contributed by atoms with E-state index in [1.54, 1.807) is 18.5 Å². The maximum atomic E-state index is 11.3. The van der Waals surface area contributed by atoms with Crippen LogP contribution in [0.2, 0.25) is 0 Å². The van der Waals surface area contributed by atoms with Gasteiger partial charge in [0, 0.05) is 43.8 Å². The monoisotopic (exact) mass is 400 g/mol. The van der Waals surface area contributed by atoms with Crippen molar-refractivity contribution >= 4 is 0 Å². The molecule has 0 saturated heterocycles. The van der Waals surface area contributed by atoms with Gasteiger partial charge >= 0.3 is 0 Å². The van der Waals surface area contributed by atoms with Gasteiger partial charge in [0.1, 0.15) is 11.6 Å². The van der Waals surface area contributed by atoms with E-state index < -0.39 is 0 Å². The highest BCUT2D eigenvalue weighted by atomic mass is 16.1. The number of aromatic nitrogens is 6. The molecule has 0 N–H and O–H groups in total. The van der Waals surface area contributed by atoms with Crippen LogP contribution in [0.1, 0.15) is 51.2 Å². The van der Waals surface area contributed by atoms with Gasteiger partial charge in [-0.05, 0) is 67.9 Å². The lowest BCUT2D eigenvalue weighted by Gasteiger charge is -2.05. The van der Waals surface area contributed by atoms with Crippen molar-refractivity contribution in [2.45, 2.75) is 62.3 Å². The molecule has 0 atom stereocenters. The van der Waals surface area contributed by atoms with Crippen LogP contribution in [-0.4, -0.2) is 28.9 Å². The number of nitrogens with zero attached hydrogens (tertiary/aromatic N) is 6. The molecule has 3 rings (SSSR count). The Hall–Kier alpha value is -2.70. The first-order chi connectivity index (χ1) is 13.3. The van der Waals surface area contributed by atoms with E-state index in [1.165, 1.54) is 17.0 Å². The summed E-state index contributed by atoms with van der Waals surface area (Å²) in [6.07, 6.45) is 0. The van der Waals surface area contributed by atoms with Crippen molar-refractivity contribution in [1.82, 2.24) is 28.9 Å². The minimum atomic E-state index is 0.0509. The summed E-state index contributed by atoms with van der Waals surface area (Å²) in [5.41, 5.74) is 7.70. The summed E-state index contributed by atoms with van der Waals surface area (Å²) in [4.78, 5) is 19.8. The molecule has 0 bridgehead atoms. The van der Waals surface area contributed by atoms with Crippen LogP contribution in [0.15, 0.2) is 4.79 Å². The van der Waals surface area contributed by atoms with Gasteiger partial charge in [0.15, 0.2) is 0 Å². The van der Waals surface area contributed by atoms with E-state index in [2.05, 4.69) is 40.4 Å². The highest BCUT2D eigenvalue weighted by Crippen LogP contribution is 2.08. The first-order valence-electron chi connectivity index (χ1n) is 9.73. The average molecular weight is 401 g/mol. The van der Waals surface area contributed by atoms with Gasteiger partial charge in [-0.1, -0.05) is 0 Å². The maximum Gasteiger partial charge on any atom is 0.256 e. The summed E-state index contributed by atoms with van der Waals surface area (Å²) < 4.78 is 5.56. The maximum absolute atomic E-state index is 11.3. The quantitative estimate of drug-likeness (QED) is 0.580. The van der Waals surface area contributed by atoms with Crippen molar-refractivity contribution in [2.75, 3.05) is 0 Å². The molecule has 3 heterocycles. The van der Waals surface area contributed by atoms with Crippen LogP contribution >= 0.6 is 0 Å². The second kappa shape index (κ2) is 9.67. The molecule has 0 fully saturated rings. The summed E-state index contributed by atoms with van der Waals surface area (Å²) in [6, 6.07) is 0. The van der Waals surface area contributed by atoms with E-state index in [4.69, 9.17) is 0 Å². The lowest BCUT2D eigenvalue weighted by atomic mass is 10.2. The molecule has 160 valence electrons. The zero-order chi connectivity index (χ0) is 22.6. The third kappa shape index (κ3) is 5.65. The smallest absolute Gasteiger partial charge is 0.256 e. The Morgan fingerprint density at radius 3 is 1.34 bits per heavy atom. The van der Waals surface area contributed by atoms with Crippen LogP contribution in [0.5, 0.6) is 0 Å². The van der Waals surface area contributed by atoms with Crippen molar-refractivity contribution in [3.05, 3.63) is 61.6 Å². The van der Waals surface area contributed by atoms with E-state index in [0.29, 0.717) is 0 Å². The van der Waals surface area contributed by atoms with Gasteiger partial charge in [0.25, 0.3) is 5.56 Å². The summed E-state index contributed by atoms with van der Waals surface area (Å²) in [5.74, 6) is 1.85. The van der Waals surface area contributed by atoms with Gasteiger partial charge in [-0.2, -0.15) is 5.10 Å². The second-order valence-corrected chi connectivity index (χ2v) is 7.54. The second-order valence-electron chi connectivity index (χ2n) is 7.54. The molecule has 0 aromatic carbocycles. The lowest BCUT2D eigenvalue weighted by molar-refractivity contribution is 0.730. The Labute approximate surface area is 174 Å². The van der Waals surface area contributed by atoms with Gasteiger partial charge in [0.2, 0.25) is 0 Å². The highest BCUT2D eigenvalue weighted by Gasteiger charge is 2.03. The summed E-state index contributed by atoms with van der Waals surface area (Å²) in [7, 11) is 5.73. The summed E-state index contributed by atoms with van der Waals surface area (Å²) >= 11 is 0. The molecule has 29 heavy (non-hydrogen) atoms. The van der Waals surface area contributed by atoms with Crippen LogP contribution in [-0.2, 0) is 21.1 Å². The molecule has 3 aromatic heterocycles. The van der Waals surface area contributed by atoms with E-state index in [-0.39, 0.29) is 5.56 Å². The Bertz CT molecular complexity index is 928. The number of imidazole rings is 1. The number of rotatable bonds is 0. The van der Waals surface area contributed by atoms with Gasteiger partial charge in [-0.25, -0.2) is 9.97 Å². The normalized spacial score (nSPS) is 10.2. The van der Waals surface area contributed by atoms with Gasteiger partial charge in [-0.3, -0.25) is 14.0 Å². The molecule has 3 aromatic rings. The minimum absolute atomic E-state index is 0.0509. The molecule has 0 radical (unpaired) electrons. The predicted octanol–water partition coefficient (Wildman–Crippen LogP) is 3.40. The molecular formula is C22H36N6O. The van der Waals surface area contributed by atoms with Crippen molar-refractivity contribution in [3.8, 4) is 0 Å². The predicted molar refractivity (Wildman–Crippen MR) is 119 cm³/mol. The van der Waals surface area contributed by atoms with Crippen molar-refractivity contribution in [1.29, 1.82) is 0 Å². The third-order valence-electron chi connectivity index (χ3n) is 5.70. The molecule has 0 spiro atoms. The van der Waals surface area contributed by atoms with Gasteiger partial charge in [-0.15, -0.1) is 0 Å². The van der Waals surface area contributed by atoms with E-state index in [1.807, 2.05) is 53.4 Å². The van der Waals surface area contributed by atoms with Crippen molar-refractivity contribution in [2.24, 2.45) is 21.1 Å². The Kier molecular flexibility index (Phi) is 8.12. The molecule has 0 unspecified atom stereocenters. The molecular weight excluding hydrogens is 364 g/mol. The first-order valence-corrected chi connectivity index (χ1v) is 9.73. The summed E-state index contributed by atoms with van der Waals surface area (Å²) in [6.45, 7) is 17.8. The van der Waals surface area contributed by atoms with Crippen LogP contribution < -0.4 is 5.56 Å². The van der Waals surface area contributed by atoms with Crippen molar-refractivity contribution in [3.63, 3.8) is 0 Å². The SMILES string of the molecule is Cc1nc(C)n(C)c(=O)c1C.Cc1nc(C)n(C)c1C.Cc1nn(C)c(C)c1C. The van der Waals surface area contributed by atoms with Crippen molar-refractivity contribution < 1.29 is 0 Å². The number of aryl methyl sites for hydroxylation is 6. The van der Waals surface area contributed by atoms with E-state index >= 15 is 0 Å². The zero-order valence-corrected chi connectivity index (χ0v) is 20.1. The largest absolute Gasteiger partial charge is 0.335 e. The topological polar surface area (TPSA) is 70.5 Å². The lowest BCUT2D eigenvalue weighted by Crippen LogP contribution is -2.23. The molecule has 0 aliphatic heterocycles. The third-order valence-corrected chi connectivity index (χ3v) is 5.70. The summed E-state index contributed by atoms with van der Waals surface area (Å²) in [5, 5.41) is 4.23. The Morgan fingerprint density at radius 2 is 1.07 bits per heavy atom. The fourth-order valence-corrected chi connectivity index (χ4v) is 2.72.